The number of carbonyl (C=O) groups excluding carboxylic acids is 1. The van der Waals surface area contributed by atoms with E-state index in [0.29, 0.717) is 35.5 Å². The van der Waals surface area contributed by atoms with Gasteiger partial charge in [-0.2, -0.15) is 0 Å². The van der Waals surface area contributed by atoms with E-state index in [1.165, 1.54) is 36.1 Å². The third kappa shape index (κ3) is 5.44. The molecule has 3 aromatic rings. The summed E-state index contributed by atoms with van der Waals surface area (Å²) in [6.45, 7) is 4.90. The molecule has 1 fully saturated rings. The lowest BCUT2D eigenvalue weighted by atomic mass is 9.87. The van der Waals surface area contributed by atoms with Crippen LogP contribution in [0.2, 0.25) is 0 Å². The van der Waals surface area contributed by atoms with Crippen molar-refractivity contribution in [2.24, 2.45) is 0 Å². The van der Waals surface area contributed by atoms with E-state index in [-0.39, 0.29) is 23.2 Å². The van der Waals surface area contributed by atoms with Crippen LogP contribution in [-0.2, 0) is 16.4 Å². The molecular formula is C29H34N4O4S. The first-order valence-corrected chi connectivity index (χ1v) is 14.9. The number of hydrogen-bond donors (Lipinski definition) is 2. The summed E-state index contributed by atoms with van der Waals surface area (Å²) in [4.78, 5) is 24.9. The first kappa shape index (κ1) is 26.3. The number of aromatic nitrogens is 2. The quantitative estimate of drug-likeness (QED) is 0.425. The van der Waals surface area contributed by atoms with Crippen molar-refractivity contribution in [1.29, 1.82) is 0 Å². The molecule has 8 nitrogen and oxygen atoms in total. The van der Waals surface area contributed by atoms with Gasteiger partial charge in [-0.3, -0.25) is 4.79 Å². The summed E-state index contributed by atoms with van der Waals surface area (Å²) in [5.74, 6) is 1.35. The van der Waals surface area contributed by atoms with Crippen LogP contribution < -0.4 is 10.2 Å². The molecule has 0 spiro atoms. The highest BCUT2D eigenvalue weighted by Crippen LogP contribution is 2.40. The maximum atomic E-state index is 13.2. The number of hydrogen-bond acceptors (Lipinski definition) is 7. The monoisotopic (exact) mass is 534 g/mol. The number of rotatable bonds is 9. The van der Waals surface area contributed by atoms with E-state index >= 15 is 0 Å². The van der Waals surface area contributed by atoms with E-state index in [2.05, 4.69) is 27.1 Å². The van der Waals surface area contributed by atoms with Crippen molar-refractivity contribution in [3.63, 3.8) is 0 Å². The second-order valence-electron chi connectivity index (χ2n) is 10.2. The Bertz CT molecular complexity index is 1400. The molecule has 1 amide bonds. The normalized spacial score (nSPS) is 18.1. The predicted octanol–water partition coefficient (Wildman–Crippen LogP) is 4.12. The number of fused-ring (bicyclic) bond motifs is 1. The molecule has 5 rings (SSSR count). The standard InChI is InChI=1S/C29H34N4O4S/c1-3-19-16-33(29-30-14-24(15-31-29)20-5-6-20)17-23-13-22(9-12-26(19)23)28(35)32-27(18-34)21-7-10-25(11-8-21)38(36,37)4-2/h7-15,19-20,27,34H,3-6,16-18H2,1-2H3,(H,32,35). The topological polar surface area (TPSA) is 112 Å². The van der Waals surface area contributed by atoms with Gasteiger partial charge in [0.25, 0.3) is 5.91 Å². The molecule has 1 saturated carbocycles. The minimum Gasteiger partial charge on any atom is -0.394 e. The number of aliphatic hydroxyl groups excluding tert-OH is 1. The SMILES string of the molecule is CCC1CN(c2ncc(C3CC3)cn2)Cc2cc(C(=O)NC(CO)c3ccc(S(=O)(=O)CC)cc3)ccc21. The molecule has 2 heterocycles. The summed E-state index contributed by atoms with van der Waals surface area (Å²) in [6, 6.07) is 11.4. The molecule has 2 unspecified atom stereocenters. The van der Waals surface area contributed by atoms with Crippen molar-refractivity contribution in [2.75, 3.05) is 23.8 Å². The summed E-state index contributed by atoms with van der Waals surface area (Å²) in [5.41, 5.74) is 4.66. The van der Waals surface area contributed by atoms with E-state index in [9.17, 15) is 18.3 Å². The summed E-state index contributed by atoms with van der Waals surface area (Å²) < 4.78 is 24.2. The Hall–Kier alpha value is -3.30. The van der Waals surface area contributed by atoms with Crippen LogP contribution in [0, 0.1) is 0 Å². The molecule has 38 heavy (non-hydrogen) atoms. The van der Waals surface area contributed by atoms with Crippen molar-refractivity contribution < 1.29 is 18.3 Å². The van der Waals surface area contributed by atoms with E-state index in [0.717, 1.165) is 18.5 Å². The van der Waals surface area contributed by atoms with Gasteiger partial charge in [-0.1, -0.05) is 32.0 Å². The number of sulfone groups is 1. The molecule has 1 aliphatic carbocycles. The first-order valence-electron chi connectivity index (χ1n) is 13.3. The molecule has 1 aromatic heterocycles. The van der Waals surface area contributed by atoms with Crippen molar-refractivity contribution in [2.45, 2.75) is 62.4 Å². The van der Waals surface area contributed by atoms with E-state index in [1.54, 1.807) is 19.1 Å². The van der Waals surface area contributed by atoms with Crippen molar-refractivity contribution in [3.8, 4) is 0 Å². The fourth-order valence-electron chi connectivity index (χ4n) is 5.09. The minimum atomic E-state index is -3.32. The van der Waals surface area contributed by atoms with Gasteiger partial charge in [0.15, 0.2) is 9.84 Å². The molecule has 2 atom stereocenters. The highest BCUT2D eigenvalue weighted by atomic mass is 32.2. The Morgan fingerprint density at radius 1 is 1.11 bits per heavy atom. The van der Waals surface area contributed by atoms with Gasteiger partial charge < -0.3 is 15.3 Å². The van der Waals surface area contributed by atoms with Gasteiger partial charge in [-0.05, 0) is 71.7 Å². The highest BCUT2D eigenvalue weighted by Gasteiger charge is 2.28. The zero-order chi connectivity index (χ0) is 26.9. The van der Waals surface area contributed by atoms with Crippen LogP contribution in [0.3, 0.4) is 0 Å². The van der Waals surface area contributed by atoms with Crippen LogP contribution in [-0.4, -0.2) is 48.3 Å². The smallest absolute Gasteiger partial charge is 0.251 e. The fourth-order valence-corrected chi connectivity index (χ4v) is 5.97. The average Bonchev–Trinajstić information content (AvgIpc) is 3.81. The van der Waals surface area contributed by atoms with Crippen molar-refractivity contribution in [1.82, 2.24) is 15.3 Å². The van der Waals surface area contributed by atoms with Gasteiger partial charge in [0, 0.05) is 37.0 Å². The zero-order valence-corrected chi connectivity index (χ0v) is 22.6. The number of anilines is 1. The lowest BCUT2D eigenvalue weighted by molar-refractivity contribution is 0.0916. The molecular weight excluding hydrogens is 500 g/mol. The van der Waals surface area contributed by atoms with Gasteiger partial charge in [0.1, 0.15) is 0 Å². The van der Waals surface area contributed by atoms with Gasteiger partial charge in [-0.15, -0.1) is 0 Å². The second-order valence-corrected chi connectivity index (χ2v) is 12.4. The van der Waals surface area contributed by atoms with Crippen LogP contribution in [0.25, 0.3) is 0 Å². The maximum Gasteiger partial charge on any atom is 0.251 e. The van der Waals surface area contributed by atoms with E-state index in [4.69, 9.17) is 0 Å². The van der Waals surface area contributed by atoms with Gasteiger partial charge in [0.2, 0.25) is 5.95 Å². The third-order valence-electron chi connectivity index (χ3n) is 7.64. The number of amides is 1. The van der Waals surface area contributed by atoms with Gasteiger partial charge in [-0.25, -0.2) is 18.4 Å². The molecule has 9 heteroatoms. The van der Waals surface area contributed by atoms with Crippen LogP contribution in [0.5, 0.6) is 0 Å². The second kappa shape index (κ2) is 10.8. The number of benzene rings is 2. The Balaban J connectivity index is 1.33. The number of nitrogens with one attached hydrogen (secondary N) is 1. The van der Waals surface area contributed by atoms with Crippen molar-refractivity contribution >= 4 is 21.7 Å². The van der Waals surface area contributed by atoms with Gasteiger partial charge >= 0.3 is 0 Å². The number of nitrogens with zero attached hydrogens (tertiary/aromatic N) is 3. The molecule has 200 valence electrons. The Kier molecular flexibility index (Phi) is 7.49. The third-order valence-corrected chi connectivity index (χ3v) is 9.39. The Morgan fingerprint density at radius 2 is 1.82 bits per heavy atom. The first-order chi connectivity index (χ1) is 18.3. The number of aliphatic hydroxyl groups is 1. The van der Waals surface area contributed by atoms with Crippen molar-refractivity contribution in [3.05, 3.63) is 82.7 Å². The zero-order valence-electron chi connectivity index (χ0n) is 21.8. The minimum absolute atomic E-state index is 0.0130. The fraction of sp³-hybridized carbons (Fsp3) is 0.414. The molecule has 2 N–H and O–H groups in total. The predicted molar refractivity (Wildman–Crippen MR) is 146 cm³/mol. The van der Waals surface area contributed by atoms with Crippen LogP contribution in [0.15, 0.2) is 59.8 Å². The molecule has 2 aliphatic rings. The molecule has 2 aromatic carbocycles. The van der Waals surface area contributed by atoms with Crippen LogP contribution >= 0.6 is 0 Å². The summed E-state index contributed by atoms with van der Waals surface area (Å²) >= 11 is 0. The highest BCUT2D eigenvalue weighted by molar-refractivity contribution is 7.91. The number of carbonyl (C=O) groups is 1. The van der Waals surface area contributed by atoms with E-state index in [1.807, 2.05) is 30.6 Å². The largest absolute Gasteiger partial charge is 0.394 e. The summed E-state index contributed by atoms with van der Waals surface area (Å²) in [5, 5.41) is 12.9. The lowest BCUT2D eigenvalue weighted by Crippen LogP contribution is -2.35. The van der Waals surface area contributed by atoms with Crippen LogP contribution in [0.1, 0.15) is 83.6 Å². The van der Waals surface area contributed by atoms with E-state index < -0.39 is 15.9 Å². The Labute approximate surface area is 224 Å². The molecule has 0 radical (unpaired) electrons. The summed E-state index contributed by atoms with van der Waals surface area (Å²) in [7, 11) is -3.32. The molecule has 0 saturated heterocycles. The molecule has 0 bridgehead atoms. The van der Waals surface area contributed by atoms with Gasteiger partial charge in [0.05, 0.1) is 23.3 Å². The molecule has 1 aliphatic heterocycles. The summed E-state index contributed by atoms with van der Waals surface area (Å²) in [6.07, 6.45) is 7.28. The lowest BCUT2D eigenvalue weighted by Gasteiger charge is -2.34. The van der Waals surface area contributed by atoms with Crippen LogP contribution in [0.4, 0.5) is 5.95 Å². The maximum absolute atomic E-state index is 13.2. The average molecular weight is 535 g/mol. The Morgan fingerprint density at radius 3 is 2.42 bits per heavy atom.